The van der Waals surface area contributed by atoms with Gasteiger partial charge in [-0.2, -0.15) is 0 Å². The van der Waals surface area contributed by atoms with Crippen molar-refractivity contribution in [1.29, 1.82) is 0 Å². The molecule has 100 valence electrons. The molecule has 0 saturated carbocycles. The molecular weight excluding hydrogens is 238 g/mol. The fraction of sp³-hybridized carbons (Fsp3) is 0.333. The maximum absolute atomic E-state index is 12.5. The van der Waals surface area contributed by atoms with Crippen LogP contribution in [0.2, 0.25) is 0 Å². The number of hydrogen-bond donors (Lipinski definition) is 1. The van der Waals surface area contributed by atoms with E-state index in [4.69, 9.17) is 5.73 Å². The van der Waals surface area contributed by atoms with E-state index in [2.05, 4.69) is 4.98 Å². The predicted molar refractivity (Wildman–Crippen MR) is 76.9 cm³/mol. The lowest BCUT2D eigenvalue weighted by atomic mass is 10.1. The Balaban J connectivity index is 2.31. The Kier molecular flexibility index (Phi) is 4.12. The molecule has 1 atom stereocenters. The highest BCUT2D eigenvalue weighted by molar-refractivity contribution is 6.05. The zero-order chi connectivity index (χ0) is 13.8. The van der Waals surface area contributed by atoms with Gasteiger partial charge in [0.25, 0.3) is 5.91 Å². The molecule has 0 saturated heterocycles. The Labute approximate surface area is 113 Å². The van der Waals surface area contributed by atoms with E-state index in [0.29, 0.717) is 24.6 Å². The second-order valence-corrected chi connectivity index (χ2v) is 4.90. The van der Waals surface area contributed by atoms with E-state index in [0.717, 1.165) is 10.9 Å². The number of para-hydroxylation sites is 1. The molecule has 0 aliphatic carbocycles. The molecule has 4 heteroatoms. The molecule has 0 aliphatic heterocycles. The maximum atomic E-state index is 12.5. The van der Waals surface area contributed by atoms with E-state index in [-0.39, 0.29) is 5.91 Å². The number of amides is 1. The molecule has 0 bridgehead atoms. The third kappa shape index (κ3) is 2.90. The van der Waals surface area contributed by atoms with Crippen LogP contribution in [0.25, 0.3) is 10.9 Å². The van der Waals surface area contributed by atoms with Crippen LogP contribution in [0.3, 0.4) is 0 Å². The first kappa shape index (κ1) is 13.5. The van der Waals surface area contributed by atoms with Crippen molar-refractivity contribution in [2.24, 2.45) is 11.7 Å². The van der Waals surface area contributed by atoms with Crippen molar-refractivity contribution in [1.82, 2.24) is 9.88 Å². The Bertz CT molecular complexity index is 577. The number of aromatic nitrogens is 1. The number of rotatable bonds is 4. The third-order valence-corrected chi connectivity index (χ3v) is 3.21. The summed E-state index contributed by atoms with van der Waals surface area (Å²) in [4.78, 5) is 18.5. The van der Waals surface area contributed by atoms with E-state index in [9.17, 15) is 4.79 Å². The first-order chi connectivity index (χ1) is 9.13. The van der Waals surface area contributed by atoms with Crippen molar-refractivity contribution in [3.05, 3.63) is 42.1 Å². The minimum absolute atomic E-state index is 0.0129. The Morgan fingerprint density at radius 2 is 2.11 bits per heavy atom. The SMILES string of the molecule is CC(CN)CN(C)C(=O)c1ccnc2ccccc12. The number of pyridine rings is 1. The molecular formula is C15H19N3O. The predicted octanol–water partition coefficient (Wildman–Crippen LogP) is 1.90. The molecule has 1 aromatic heterocycles. The fourth-order valence-electron chi connectivity index (χ4n) is 2.11. The number of fused-ring (bicyclic) bond motifs is 1. The van der Waals surface area contributed by atoms with E-state index in [1.54, 1.807) is 17.2 Å². The number of carbonyl (C=O) groups excluding carboxylic acids is 1. The lowest BCUT2D eigenvalue weighted by molar-refractivity contribution is 0.0779. The van der Waals surface area contributed by atoms with Crippen LogP contribution in [0.5, 0.6) is 0 Å². The van der Waals surface area contributed by atoms with Gasteiger partial charge >= 0.3 is 0 Å². The molecule has 1 heterocycles. The average Bonchev–Trinajstić information content (AvgIpc) is 2.45. The zero-order valence-electron chi connectivity index (χ0n) is 11.3. The molecule has 19 heavy (non-hydrogen) atoms. The summed E-state index contributed by atoms with van der Waals surface area (Å²) in [5.74, 6) is 0.306. The summed E-state index contributed by atoms with van der Waals surface area (Å²) in [6.07, 6.45) is 1.68. The normalized spacial score (nSPS) is 12.4. The van der Waals surface area contributed by atoms with Gasteiger partial charge in [-0.3, -0.25) is 9.78 Å². The van der Waals surface area contributed by atoms with Crippen LogP contribution in [-0.2, 0) is 0 Å². The zero-order valence-corrected chi connectivity index (χ0v) is 11.3. The minimum atomic E-state index is 0.0129. The lowest BCUT2D eigenvalue weighted by Gasteiger charge is -2.21. The van der Waals surface area contributed by atoms with Crippen molar-refractivity contribution in [3.8, 4) is 0 Å². The van der Waals surface area contributed by atoms with Crippen molar-refractivity contribution < 1.29 is 4.79 Å². The monoisotopic (exact) mass is 257 g/mol. The van der Waals surface area contributed by atoms with Crippen molar-refractivity contribution in [2.45, 2.75) is 6.92 Å². The van der Waals surface area contributed by atoms with Crippen LogP contribution in [0.1, 0.15) is 17.3 Å². The Morgan fingerprint density at radius 3 is 2.84 bits per heavy atom. The maximum Gasteiger partial charge on any atom is 0.254 e. The number of hydrogen-bond acceptors (Lipinski definition) is 3. The van der Waals surface area contributed by atoms with Crippen LogP contribution in [0.15, 0.2) is 36.5 Å². The highest BCUT2D eigenvalue weighted by atomic mass is 16.2. The van der Waals surface area contributed by atoms with E-state index < -0.39 is 0 Å². The van der Waals surface area contributed by atoms with Crippen LogP contribution in [0.4, 0.5) is 0 Å². The number of benzene rings is 1. The average molecular weight is 257 g/mol. The summed E-state index contributed by atoms with van der Waals surface area (Å²) in [5.41, 5.74) is 7.14. The van der Waals surface area contributed by atoms with Crippen molar-refractivity contribution >= 4 is 16.8 Å². The summed E-state index contributed by atoms with van der Waals surface area (Å²) in [5, 5.41) is 0.891. The quantitative estimate of drug-likeness (QED) is 0.910. The fourth-order valence-corrected chi connectivity index (χ4v) is 2.11. The van der Waals surface area contributed by atoms with Crippen LogP contribution in [0, 0.1) is 5.92 Å². The first-order valence-corrected chi connectivity index (χ1v) is 6.42. The molecule has 4 nitrogen and oxygen atoms in total. The van der Waals surface area contributed by atoms with Gasteiger partial charge < -0.3 is 10.6 Å². The highest BCUT2D eigenvalue weighted by Gasteiger charge is 2.16. The smallest absolute Gasteiger partial charge is 0.254 e. The van der Waals surface area contributed by atoms with Gasteiger partial charge in [-0.1, -0.05) is 25.1 Å². The van der Waals surface area contributed by atoms with Gasteiger partial charge in [0, 0.05) is 25.2 Å². The van der Waals surface area contributed by atoms with Crippen LogP contribution in [-0.4, -0.2) is 35.9 Å². The molecule has 2 aromatic rings. The molecule has 1 amide bonds. The van der Waals surface area contributed by atoms with Gasteiger partial charge in [0.05, 0.1) is 11.1 Å². The highest BCUT2D eigenvalue weighted by Crippen LogP contribution is 2.17. The molecule has 1 unspecified atom stereocenters. The van der Waals surface area contributed by atoms with Gasteiger partial charge in [0.15, 0.2) is 0 Å². The number of carbonyl (C=O) groups is 1. The van der Waals surface area contributed by atoms with Crippen molar-refractivity contribution in [3.63, 3.8) is 0 Å². The van der Waals surface area contributed by atoms with Gasteiger partial charge in [-0.05, 0) is 24.6 Å². The topological polar surface area (TPSA) is 59.2 Å². The number of nitrogens with zero attached hydrogens (tertiary/aromatic N) is 2. The standard InChI is InChI=1S/C15H19N3O/c1-11(9-16)10-18(2)15(19)13-7-8-17-14-6-4-3-5-12(13)14/h3-8,11H,9-10,16H2,1-2H3. The van der Waals surface area contributed by atoms with E-state index >= 15 is 0 Å². The summed E-state index contributed by atoms with van der Waals surface area (Å²) >= 11 is 0. The minimum Gasteiger partial charge on any atom is -0.341 e. The van der Waals surface area contributed by atoms with Gasteiger partial charge in [-0.15, -0.1) is 0 Å². The largest absolute Gasteiger partial charge is 0.341 e. The Morgan fingerprint density at radius 1 is 1.37 bits per heavy atom. The third-order valence-electron chi connectivity index (χ3n) is 3.21. The number of nitrogens with two attached hydrogens (primary N) is 1. The second kappa shape index (κ2) is 5.80. The van der Waals surface area contributed by atoms with Gasteiger partial charge in [-0.25, -0.2) is 0 Å². The molecule has 1 aromatic carbocycles. The molecule has 0 spiro atoms. The lowest BCUT2D eigenvalue weighted by Crippen LogP contribution is -2.33. The molecule has 2 N–H and O–H groups in total. The summed E-state index contributed by atoms with van der Waals surface area (Å²) in [7, 11) is 1.81. The summed E-state index contributed by atoms with van der Waals surface area (Å²) < 4.78 is 0. The molecule has 2 rings (SSSR count). The Hall–Kier alpha value is -1.94. The van der Waals surface area contributed by atoms with Crippen molar-refractivity contribution in [2.75, 3.05) is 20.1 Å². The van der Waals surface area contributed by atoms with E-state index in [1.165, 1.54) is 0 Å². The first-order valence-electron chi connectivity index (χ1n) is 6.42. The van der Waals surface area contributed by atoms with Gasteiger partial charge in [0.2, 0.25) is 0 Å². The van der Waals surface area contributed by atoms with Crippen LogP contribution >= 0.6 is 0 Å². The summed E-state index contributed by atoms with van der Waals surface area (Å²) in [6, 6.07) is 9.45. The molecule has 0 fully saturated rings. The second-order valence-electron chi connectivity index (χ2n) is 4.90. The van der Waals surface area contributed by atoms with Gasteiger partial charge in [0.1, 0.15) is 0 Å². The molecule has 0 aliphatic rings. The molecule has 0 radical (unpaired) electrons. The van der Waals surface area contributed by atoms with E-state index in [1.807, 2.05) is 38.2 Å². The van der Waals surface area contributed by atoms with Crippen LogP contribution < -0.4 is 5.73 Å². The summed E-state index contributed by atoms with van der Waals surface area (Å²) in [6.45, 7) is 3.27.